The normalized spacial score (nSPS) is 15.5. The summed E-state index contributed by atoms with van der Waals surface area (Å²) < 4.78 is 2.52. The zero-order chi connectivity index (χ0) is 48.3. The van der Waals surface area contributed by atoms with Gasteiger partial charge in [-0.15, -0.1) is 0 Å². The van der Waals surface area contributed by atoms with Crippen LogP contribution in [0.25, 0.3) is 82.8 Å². The quantitative estimate of drug-likeness (QED) is 0.171. The lowest BCUT2D eigenvalue weighted by Crippen LogP contribution is -2.33. The lowest BCUT2D eigenvalue weighted by atomic mass is 9.65. The van der Waals surface area contributed by atoms with Gasteiger partial charge >= 0.3 is 0 Å². The Balaban J connectivity index is 0.816. The van der Waals surface area contributed by atoms with E-state index in [0.29, 0.717) is 0 Å². The topological polar surface area (TPSA) is 8.17 Å². The van der Waals surface area contributed by atoms with Crippen LogP contribution in [0, 0.1) is 0 Å². The monoisotopic (exact) mass is 936 g/mol. The van der Waals surface area contributed by atoms with Crippen LogP contribution in [-0.2, 0) is 10.8 Å². The van der Waals surface area contributed by atoms with Crippen molar-refractivity contribution in [1.29, 1.82) is 0 Å². The third-order valence-electron chi connectivity index (χ3n) is 17.4. The Morgan fingerprint density at radius 2 is 0.730 bits per heavy atom. The van der Waals surface area contributed by atoms with Gasteiger partial charge in [0, 0.05) is 27.8 Å². The third kappa shape index (κ3) is 4.95. The maximum Gasteiger partial charge on any atom is 0.0754 e. The minimum absolute atomic E-state index is 0.426. The van der Waals surface area contributed by atoms with Gasteiger partial charge in [-0.3, -0.25) is 0 Å². The maximum atomic E-state index is 2.52. The first-order chi connectivity index (χ1) is 36.7. The molecule has 0 saturated heterocycles. The molecule has 2 heterocycles. The first-order valence-electron chi connectivity index (χ1n) is 25.9. The van der Waals surface area contributed by atoms with Gasteiger partial charge in [-0.05, 0) is 160 Å². The van der Waals surface area contributed by atoms with E-state index in [4.69, 9.17) is 0 Å². The summed E-state index contributed by atoms with van der Waals surface area (Å²) in [7, 11) is 0. The molecule has 0 amide bonds. The van der Waals surface area contributed by atoms with Crippen molar-refractivity contribution in [1.82, 2.24) is 4.57 Å². The molecule has 1 aromatic heterocycles. The van der Waals surface area contributed by atoms with E-state index in [0.717, 1.165) is 17.1 Å². The van der Waals surface area contributed by atoms with E-state index < -0.39 is 10.8 Å². The predicted molar refractivity (Wildman–Crippen MR) is 306 cm³/mol. The lowest BCUT2D eigenvalue weighted by molar-refractivity contribution is 0.749. The second kappa shape index (κ2) is 14.6. The molecule has 1 aliphatic heterocycles. The molecule has 2 spiro atoms. The van der Waals surface area contributed by atoms with Gasteiger partial charge in [0.25, 0.3) is 0 Å². The summed E-state index contributed by atoms with van der Waals surface area (Å²) in [6.07, 6.45) is 0. The standard InChI is InChI=1S/C72H44N2/c1-2-17-49(18-3-1)73(51-38-40-57-55-22-6-11-27-62(55)71(67(57)44-51)60-25-9-4-19-52(60)53-20-5-10-26-61(53)71)50-37-35-46-41-45(33-34-47(46)42-50)48-36-39-56-54-21-7-12-28-63(54)72(66(56)43-48)64-29-13-15-32-69(64)74-68-31-14-8-23-58(68)59-24-16-30-65(72)70(59)74/h1-44H. The molecule has 342 valence electrons. The fourth-order valence-corrected chi connectivity index (χ4v) is 14.5. The van der Waals surface area contributed by atoms with Gasteiger partial charge in [-0.2, -0.15) is 0 Å². The van der Waals surface area contributed by atoms with Gasteiger partial charge in [0.2, 0.25) is 0 Å². The van der Waals surface area contributed by atoms with Crippen LogP contribution in [0.15, 0.2) is 267 Å². The zero-order valence-electron chi connectivity index (χ0n) is 40.3. The van der Waals surface area contributed by atoms with Crippen molar-refractivity contribution in [2.45, 2.75) is 10.8 Å². The molecule has 0 N–H and O–H groups in total. The van der Waals surface area contributed by atoms with Crippen LogP contribution in [-0.4, -0.2) is 4.57 Å². The zero-order valence-corrected chi connectivity index (χ0v) is 40.3. The van der Waals surface area contributed by atoms with Gasteiger partial charge < -0.3 is 9.47 Å². The van der Waals surface area contributed by atoms with Crippen molar-refractivity contribution in [3.05, 3.63) is 311 Å². The van der Waals surface area contributed by atoms with E-state index in [1.54, 1.807) is 0 Å². The van der Waals surface area contributed by atoms with Crippen LogP contribution in [0.3, 0.4) is 0 Å². The highest BCUT2D eigenvalue weighted by molar-refractivity contribution is 6.13. The molecule has 0 fully saturated rings. The number of hydrogen-bond donors (Lipinski definition) is 0. The third-order valence-corrected chi connectivity index (χ3v) is 17.4. The Labute approximate surface area is 429 Å². The van der Waals surface area contributed by atoms with E-state index in [1.807, 2.05) is 0 Å². The van der Waals surface area contributed by atoms with Crippen LogP contribution in [0.4, 0.5) is 17.1 Å². The molecule has 13 aromatic rings. The van der Waals surface area contributed by atoms with Crippen LogP contribution in [0.1, 0.15) is 44.5 Å². The second-order valence-electron chi connectivity index (χ2n) is 20.7. The summed E-state index contributed by atoms with van der Waals surface area (Å²) in [6.45, 7) is 0. The van der Waals surface area contributed by atoms with Crippen LogP contribution >= 0.6 is 0 Å². The Morgan fingerprint density at radius 3 is 1.43 bits per heavy atom. The van der Waals surface area contributed by atoms with E-state index in [9.17, 15) is 0 Å². The average Bonchev–Trinajstić information content (AvgIpc) is 4.19. The van der Waals surface area contributed by atoms with E-state index >= 15 is 0 Å². The molecule has 17 rings (SSSR count). The second-order valence-corrected chi connectivity index (χ2v) is 20.7. The first-order valence-corrected chi connectivity index (χ1v) is 25.9. The fraction of sp³-hybridized carbons (Fsp3) is 0.0278. The molecule has 74 heavy (non-hydrogen) atoms. The number of anilines is 3. The number of hydrogen-bond acceptors (Lipinski definition) is 1. The predicted octanol–water partition coefficient (Wildman–Crippen LogP) is 18.1. The van der Waals surface area contributed by atoms with Gasteiger partial charge in [0.15, 0.2) is 0 Å². The van der Waals surface area contributed by atoms with Gasteiger partial charge in [0.05, 0.1) is 27.6 Å². The minimum Gasteiger partial charge on any atom is -0.310 e. The van der Waals surface area contributed by atoms with Crippen molar-refractivity contribution in [2.75, 3.05) is 4.90 Å². The number of nitrogens with zero attached hydrogens (tertiary/aromatic N) is 2. The van der Waals surface area contributed by atoms with E-state index in [2.05, 4.69) is 276 Å². The van der Waals surface area contributed by atoms with Crippen LogP contribution < -0.4 is 4.90 Å². The van der Waals surface area contributed by atoms with Crippen LogP contribution in [0.2, 0.25) is 0 Å². The van der Waals surface area contributed by atoms with Crippen molar-refractivity contribution < 1.29 is 0 Å². The Kier molecular flexibility index (Phi) is 7.90. The van der Waals surface area contributed by atoms with E-state index in [1.165, 1.54) is 127 Å². The average molecular weight is 937 g/mol. The molecule has 0 radical (unpaired) electrons. The summed E-state index contributed by atoms with van der Waals surface area (Å²) >= 11 is 0. The highest BCUT2D eigenvalue weighted by Crippen LogP contribution is 2.64. The smallest absolute Gasteiger partial charge is 0.0754 e. The molecule has 2 nitrogen and oxygen atoms in total. The maximum absolute atomic E-state index is 2.52. The summed E-state index contributed by atoms with van der Waals surface area (Å²) in [5.41, 5.74) is 27.2. The molecule has 4 aliphatic rings. The highest BCUT2D eigenvalue weighted by Gasteiger charge is 2.53. The Morgan fingerprint density at radius 1 is 0.270 bits per heavy atom. The van der Waals surface area contributed by atoms with Gasteiger partial charge in [-0.1, -0.05) is 206 Å². The summed E-state index contributed by atoms with van der Waals surface area (Å²) in [4.78, 5) is 2.44. The lowest BCUT2D eigenvalue weighted by Gasteiger charge is -2.39. The molecule has 0 saturated carbocycles. The number of benzene rings is 12. The van der Waals surface area contributed by atoms with Crippen LogP contribution in [0.5, 0.6) is 0 Å². The van der Waals surface area contributed by atoms with Crippen molar-refractivity contribution in [3.63, 3.8) is 0 Å². The van der Waals surface area contributed by atoms with Gasteiger partial charge in [-0.25, -0.2) is 0 Å². The number of para-hydroxylation sites is 4. The van der Waals surface area contributed by atoms with E-state index in [-0.39, 0.29) is 0 Å². The summed E-state index contributed by atoms with van der Waals surface area (Å²) in [6, 6.07) is 101. The molecule has 0 bridgehead atoms. The Bertz CT molecular complexity index is 4510. The summed E-state index contributed by atoms with van der Waals surface area (Å²) in [5, 5.41) is 4.99. The summed E-state index contributed by atoms with van der Waals surface area (Å²) in [5.74, 6) is 0. The first kappa shape index (κ1) is 40.1. The number of aromatic nitrogens is 1. The molecule has 1 atom stereocenters. The molecular formula is C72H44N2. The number of rotatable bonds is 4. The highest BCUT2D eigenvalue weighted by atomic mass is 15.1. The molecule has 2 heteroatoms. The fourth-order valence-electron chi connectivity index (χ4n) is 14.5. The van der Waals surface area contributed by atoms with Crippen molar-refractivity contribution in [3.8, 4) is 50.2 Å². The molecule has 3 aliphatic carbocycles. The minimum atomic E-state index is -0.500. The SMILES string of the molecule is c1ccc(N(c2ccc3c(c2)C2(c4ccccc4-c4ccccc42)c2ccccc2-3)c2ccc3cc(-c4ccc5c(c4)C4(c6ccccc6-5)c5ccccc5-n5c6ccccc6c6cccc4c65)ccc3c2)cc1. The number of fused-ring (bicyclic) bond motifs is 23. The molecular weight excluding hydrogens is 893 g/mol. The largest absolute Gasteiger partial charge is 0.310 e. The van der Waals surface area contributed by atoms with Crippen molar-refractivity contribution in [2.24, 2.45) is 0 Å². The molecule has 12 aromatic carbocycles. The van der Waals surface area contributed by atoms with Gasteiger partial charge in [0.1, 0.15) is 0 Å². The van der Waals surface area contributed by atoms with Crippen molar-refractivity contribution >= 4 is 49.6 Å². The molecule has 1 unspecified atom stereocenters. The Hall–Kier alpha value is -9.50.